The van der Waals surface area contributed by atoms with Gasteiger partial charge in [-0.2, -0.15) is 0 Å². The first kappa shape index (κ1) is 29.3. The Balaban J connectivity index is 1.83. The molecule has 1 spiro atoms. The predicted octanol–water partition coefficient (Wildman–Crippen LogP) is 1.57. The van der Waals surface area contributed by atoms with Gasteiger partial charge in [0.2, 0.25) is 17.7 Å². The number of allylic oxidation sites excluding steroid dienone is 1. The zero-order valence-electron chi connectivity index (χ0n) is 23.9. The molecule has 39 heavy (non-hydrogen) atoms. The van der Waals surface area contributed by atoms with Gasteiger partial charge in [0.25, 0.3) is 0 Å². The Labute approximate surface area is 230 Å². The van der Waals surface area contributed by atoms with E-state index >= 15 is 0 Å². The number of ether oxygens (including phenoxy) is 2. The molecule has 3 amide bonds. The number of aliphatic hydroxyl groups excluding tert-OH is 1. The molecule has 7 atom stereocenters. The van der Waals surface area contributed by atoms with E-state index in [2.05, 4.69) is 5.32 Å². The number of rotatable bonds is 4. The topological polar surface area (TPSA) is 125 Å². The third kappa shape index (κ3) is 5.37. The Morgan fingerprint density at radius 1 is 1.15 bits per heavy atom. The summed E-state index contributed by atoms with van der Waals surface area (Å²) in [6.45, 7) is 11.6. The van der Waals surface area contributed by atoms with Crippen LogP contribution in [-0.2, 0) is 28.7 Å². The van der Waals surface area contributed by atoms with Gasteiger partial charge >= 0.3 is 5.97 Å². The molecule has 4 heterocycles. The first-order chi connectivity index (χ1) is 18.3. The van der Waals surface area contributed by atoms with E-state index in [4.69, 9.17) is 9.47 Å². The lowest BCUT2D eigenvalue weighted by atomic mass is 9.74. The van der Waals surface area contributed by atoms with Gasteiger partial charge in [-0.25, -0.2) is 0 Å². The van der Waals surface area contributed by atoms with Crippen molar-refractivity contribution in [3.05, 3.63) is 24.3 Å². The maximum atomic E-state index is 14.5. The molecule has 0 aromatic heterocycles. The molecule has 4 rings (SSSR count). The molecular formula is C29H43N3O7. The van der Waals surface area contributed by atoms with Crippen molar-refractivity contribution in [3.63, 3.8) is 0 Å². The predicted molar refractivity (Wildman–Crippen MR) is 143 cm³/mol. The highest BCUT2D eigenvalue weighted by molar-refractivity contribution is 5.99. The summed E-state index contributed by atoms with van der Waals surface area (Å²) in [7, 11) is 0. The Morgan fingerprint density at radius 3 is 2.51 bits per heavy atom. The molecule has 2 N–H and O–H groups in total. The number of aliphatic hydroxyl groups is 1. The summed E-state index contributed by atoms with van der Waals surface area (Å²) in [5.41, 5.74) is -1.95. The number of cyclic esters (lactones) is 1. The molecule has 0 aliphatic carbocycles. The van der Waals surface area contributed by atoms with E-state index in [9.17, 15) is 24.3 Å². The molecule has 10 heteroatoms. The van der Waals surface area contributed by atoms with Crippen molar-refractivity contribution in [1.29, 1.82) is 0 Å². The number of carbonyl (C=O) groups excluding carboxylic acids is 4. The minimum absolute atomic E-state index is 0.151. The molecular weight excluding hydrogens is 502 g/mol. The van der Waals surface area contributed by atoms with Crippen molar-refractivity contribution >= 4 is 23.7 Å². The van der Waals surface area contributed by atoms with Crippen molar-refractivity contribution < 1.29 is 33.8 Å². The van der Waals surface area contributed by atoms with E-state index in [-0.39, 0.29) is 49.8 Å². The Morgan fingerprint density at radius 2 is 1.87 bits per heavy atom. The van der Waals surface area contributed by atoms with Gasteiger partial charge in [0.1, 0.15) is 23.7 Å². The number of fused-ring (bicyclic) bond motifs is 2. The van der Waals surface area contributed by atoms with Gasteiger partial charge in [-0.05, 0) is 46.5 Å². The zero-order chi connectivity index (χ0) is 28.7. The van der Waals surface area contributed by atoms with E-state index in [1.165, 1.54) is 4.90 Å². The van der Waals surface area contributed by atoms with Gasteiger partial charge in [-0.15, -0.1) is 0 Å². The highest BCUT2D eigenvalue weighted by Gasteiger charge is 2.74. The van der Waals surface area contributed by atoms with Crippen LogP contribution in [0.25, 0.3) is 0 Å². The van der Waals surface area contributed by atoms with Crippen molar-refractivity contribution in [1.82, 2.24) is 15.1 Å². The van der Waals surface area contributed by atoms with Gasteiger partial charge in [0.15, 0.2) is 0 Å². The molecule has 4 aliphatic rings. The number of hydrogen-bond donors (Lipinski definition) is 2. The van der Waals surface area contributed by atoms with Crippen LogP contribution in [0.15, 0.2) is 24.3 Å². The molecule has 2 fully saturated rings. The first-order valence-electron chi connectivity index (χ1n) is 14.1. The molecule has 0 unspecified atom stereocenters. The quantitative estimate of drug-likeness (QED) is 0.406. The van der Waals surface area contributed by atoms with Crippen LogP contribution in [0.2, 0.25) is 0 Å². The van der Waals surface area contributed by atoms with Gasteiger partial charge in [0, 0.05) is 18.5 Å². The van der Waals surface area contributed by atoms with Crippen LogP contribution in [-0.4, -0.2) is 93.7 Å². The number of esters is 1. The molecule has 5 bridgehead atoms. The number of amides is 3. The summed E-state index contributed by atoms with van der Waals surface area (Å²) >= 11 is 0. The van der Waals surface area contributed by atoms with E-state index in [1.54, 1.807) is 24.0 Å². The average molecular weight is 546 g/mol. The fourth-order valence-electron chi connectivity index (χ4n) is 6.39. The Kier molecular flexibility index (Phi) is 8.28. The van der Waals surface area contributed by atoms with Gasteiger partial charge in [-0.3, -0.25) is 19.2 Å². The number of hydrogen-bond acceptors (Lipinski definition) is 7. The standard InChI is InChI=1S/C29H43N3O7/c1-17(2)14-19(16-33)32-24-26(36)31(28(4,5)6)13-9-7-8-10-21(34)30-15-18(3)38-27(37)22-20-11-12-29(24,39-20)23(22)25(32)35/h7,9,11-12,17-20,22-24,33H,8,10,13-16H2,1-6H3,(H,30,34)/b9-7-/t18-,19-,20+,22-,23-,24+,29-/m1/s1. The van der Waals surface area contributed by atoms with Crippen molar-refractivity contribution in [2.45, 2.75) is 96.2 Å². The third-order valence-corrected chi connectivity index (χ3v) is 8.14. The summed E-state index contributed by atoms with van der Waals surface area (Å²) in [5.74, 6) is -3.18. The second kappa shape index (κ2) is 11.0. The highest BCUT2D eigenvalue weighted by Crippen LogP contribution is 2.56. The normalized spacial score (nSPS) is 35.3. The van der Waals surface area contributed by atoms with Crippen LogP contribution >= 0.6 is 0 Å². The van der Waals surface area contributed by atoms with Crippen molar-refractivity contribution in [2.24, 2.45) is 17.8 Å². The van der Waals surface area contributed by atoms with Gasteiger partial charge in [0.05, 0.1) is 31.2 Å². The molecule has 10 nitrogen and oxygen atoms in total. The smallest absolute Gasteiger partial charge is 0.313 e. The second-order valence-corrected chi connectivity index (χ2v) is 12.6. The minimum atomic E-state index is -1.34. The monoisotopic (exact) mass is 545 g/mol. The van der Waals surface area contributed by atoms with Crippen LogP contribution in [0.3, 0.4) is 0 Å². The van der Waals surface area contributed by atoms with Crippen LogP contribution in [0, 0.1) is 17.8 Å². The SMILES string of the molecule is CC(C)C[C@H](CO)N1C(=O)[C@H]2[C@@H]3C(=O)O[C@H](C)CNC(=O)CC/C=C\CN(C(C)(C)C)C(=O)[C@H]1[C@@]21C=C[C@@H]3O1. The first-order valence-corrected chi connectivity index (χ1v) is 14.1. The maximum Gasteiger partial charge on any atom is 0.313 e. The molecule has 2 saturated heterocycles. The number of likely N-dealkylation sites (tertiary alicyclic amines) is 1. The Hall–Kier alpha value is -2.72. The van der Waals surface area contributed by atoms with Gasteiger partial charge < -0.3 is 29.7 Å². The van der Waals surface area contributed by atoms with Crippen LogP contribution in [0.4, 0.5) is 0 Å². The summed E-state index contributed by atoms with van der Waals surface area (Å²) in [6.07, 6.45) is 7.18. The van der Waals surface area contributed by atoms with Crippen LogP contribution < -0.4 is 5.32 Å². The third-order valence-electron chi connectivity index (χ3n) is 8.14. The highest BCUT2D eigenvalue weighted by atomic mass is 16.6. The molecule has 216 valence electrons. The van der Waals surface area contributed by atoms with Gasteiger partial charge in [-0.1, -0.05) is 38.2 Å². The summed E-state index contributed by atoms with van der Waals surface area (Å²) < 4.78 is 12.1. The Bertz CT molecular complexity index is 1050. The van der Waals surface area contributed by atoms with E-state index in [0.717, 1.165) is 0 Å². The fraction of sp³-hybridized carbons (Fsp3) is 0.724. The summed E-state index contributed by atoms with van der Waals surface area (Å²) in [6, 6.07) is -1.66. The van der Waals surface area contributed by atoms with Crippen molar-refractivity contribution in [3.8, 4) is 0 Å². The maximum absolute atomic E-state index is 14.5. The molecule has 0 aromatic rings. The molecule has 0 radical (unpaired) electrons. The molecule has 4 aliphatic heterocycles. The number of nitrogens with zero attached hydrogens (tertiary/aromatic N) is 2. The summed E-state index contributed by atoms with van der Waals surface area (Å²) in [5, 5.41) is 13.2. The number of carbonyl (C=O) groups is 4. The minimum Gasteiger partial charge on any atom is -0.460 e. The van der Waals surface area contributed by atoms with Crippen LogP contribution in [0.1, 0.15) is 60.8 Å². The van der Waals surface area contributed by atoms with Crippen LogP contribution in [0.5, 0.6) is 0 Å². The lowest BCUT2D eigenvalue weighted by molar-refractivity contribution is -0.160. The fourth-order valence-corrected chi connectivity index (χ4v) is 6.39. The van der Waals surface area contributed by atoms with E-state index in [0.29, 0.717) is 12.8 Å². The average Bonchev–Trinajstić information content (AvgIpc) is 3.49. The number of nitrogens with one attached hydrogen (secondary N) is 1. The van der Waals surface area contributed by atoms with Crippen molar-refractivity contribution in [2.75, 3.05) is 19.7 Å². The van der Waals surface area contributed by atoms with E-state index < -0.39 is 53.2 Å². The molecule has 0 aromatic carbocycles. The lowest BCUT2D eigenvalue weighted by Gasteiger charge is -2.43. The zero-order valence-corrected chi connectivity index (χ0v) is 23.9. The second-order valence-electron chi connectivity index (χ2n) is 12.6. The van der Waals surface area contributed by atoms with E-state index in [1.807, 2.05) is 46.8 Å². The largest absolute Gasteiger partial charge is 0.460 e. The molecule has 0 saturated carbocycles. The summed E-state index contributed by atoms with van der Waals surface area (Å²) in [4.78, 5) is 57.7. The lowest BCUT2D eigenvalue weighted by Crippen LogP contribution is -2.61.